The Bertz CT molecular complexity index is 906. The number of ketones is 1. The first-order chi connectivity index (χ1) is 12.5. The predicted molar refractivity (Wildman–Crippen MR) is 99.5 cm³/mol. The molecule has 0 aliphatic carbocycles. The molecule has 1 heterocycles. The first-order valence-corrected chi connectivity index (χ1v) is 8.40. The standard InChI is InChI=1S/C19H15ClN2O4/c20-17-9-8-16(22(25)26)12-14(17)5-10-18(23)13-3-6-15(7-4-13)21-11-1-2-19(21)24/h3-10,12H,1-2,11H2/b10-5+. The lowest BCUT2D eigenvalue weighted by Gasteiger charge is -2.15. The van der Waals surface area contributed by atoms with Crippen molar-refractivity contribution in [3.8, 4) is 0 Å². The average molecular weight is 371 g/mol. The highest BCUT2D eigenvalue weighted by Gasteiger charge is 2.21. The quantitative estimate of drug-likeness (QED) is 0.340. The van der Waals surface area contributed by atoms with Crippen LogP contribution in [0.5, 0.6) is 0 Å². The van der Waals surface area contributed by atoms with Gasteiger partial charge in [0.15, 0.2) is 5.78 Å². The summed E-state index contributed by atoms with van der Waals surface area (Å²) < 4.78 is 0. The van der Waals surface area contributed by atoms with Crippen LogP contribution in [0, 0.1) is 10.1 Å². The normalized spacial score (nSPS) is 14.2. The number of rotatable bonds is 5. The minimum absolute atomic E-state index is 0.0873. The molecule has 0 N–H and O–H groups in total. The summed E-state index contributed by atoms with van der Waals surface area (Å²) in [6, 6.07) is 10.8. The van der Waals surface area contributed by atoms with E-state index in [0.29, 0.717) is 29.1 Å². The summed E-state index contributed by atoms with van der Waals surface area (Å²) in [5.74, 6) is -0.170. The molecule has 1 fully saturated rings. The van der Waals surface area contributed by atoms with E-state index < -0.39 is 4.92 Å². The van der Waals surface area contributed by atoms with Crippen LogP contribution in [0.4, 0.5) is 11.4 Å². The average Bonchev–Trinajstić information content (AvgIpc) is 3.06. The SMILES string of the molecule is O=C(/C=C/c1cc([N+](=O)[O-])ccc1Cl)c1ccc(N2CCCC2=O)cc1. The third kappa shape index (κ3) is 3.81. The summed E-state index contributed by atoms with van der Waals surface area (Å²) in [7, 11) is 0. The molecule has 2 aromatic carbocycles. The van der Waals surface area contributed by atoms with E-state index in [0.717, 1.165) is 12.1 Å². The fourth-order valence-corrected chi connectivity index (χ4v) is 2.94. The molecule has 0 radical (unpaired) electrons. The zero-order valence-corrected chi connectivity index (χ0v) is 14.5. The van der Waals surface area contributed by atoms with E-state index in [1.165, 1.54) is 30.4 Å². The summed E-state index contributed by atoms with van der Waals surface area (Å²) >= 11 is 6.01. The van der Waals surface area contributed by atoms with Crippen molar-refractivity contribution in [2.24, 2.45) is 0 Å². The summed E-state index contributed by atoms with van der Waals surface area (Å²) in [6.07, 6.45) is 4.16. The van der Waals surface area contributed by atoms with E-state index in [9.17, 15) is 19.7 Å². The van der Waals surface area contributed by atoms with Crippen molar-refractivity contribution >= 4 is 40.7 Å². The first-order valence-electron chi connectivity index (χ1n) is 8.02. The van der Waals surface area contributed by atoms with Crippen molar-refractivity contribution in [1.82, 2.24) is 0 Å². The van der Waals surface area contributed by atoms with Gasteiger partial charge in [0, 0.05) is 41.4 Å². The first kappa shape index (κ1) is 17.8. The van der Waals surface area contributed by atoms with Gasteiger partial charge in [-0.15, -0.1) is 0 Å². The van der Waals surface area contributed by atoms with Crippen LogP contribution in [-0.2, 0) is 4.79 Å². The molecule has 2 aromatic rings. The van der Waals surface area contributed by atoms with E-state index >= 15 is 0 Å². The van der Waals surface area contributed by atoms with Crippen LogP contribution >= 0.6 is 11.6 Å². The number of anilines is 1. The molecule has 0 saturated carbocycles. The Morgan fingerprint density at radius 2 is 1.92 bits per heavy atom. The molecule has 1 aliphatic rings. The van der Waals surface area contributed by atoms with E-state index in [1.807, 2.05) is 0 Å². The fourth-order valence-electron chi connectivity index (χ4n) is 2.76. The van der Waals surface area contributed by atoms with Crippen molar-refractivity contribution in [3.05, 3.63) is 74.8 Å². The molecular weight excluding hydrogens is 356 g/mol. The Kier molecular flexibility index (Phi) is 5.14. The van der Waals surface area contributed by atoms with Gasteiger partial charge in [0.25, 0.3) is 5.69 Å². The minimum Gasteiger partial charge on any atom is -0.312 e. The molecule has 0 atom stereocenters. The molecule has 26 heavy (non-hydrogen) atoms. The van der Waals surface area contributed by atoms with Gasteiger partial charge in [0.1, 0.15) is 0 Å². The molecule has 1 amide bonds. The van der Waals surface area contributed by atoms with Gasteiger partial charge >= 0.3 is 0 Å². The number of hydrogen-bond donors (Lipinski definition) is 0. The second kappa shape index (κ2) is 7.49. The van der Waals surface area contributed by atoms with Crippen molar-refractivity contribution in [2.45, 2.75) is 12.8 Å². The maximum Gasteiger partial charge on any atom is 0.270 e. The number of hydrogen-bond acceptors (Lipinski definition) is 4. The lowest BCUT2D eigenvalue weighted by molar-refractivity contribution is -0.384. The zero-order chi connectivity index (χ0) is 18.7. The number of nitro benzene ring substituents is 1. The highest BCUT2D eigenvalue weighted by atomic mass is 35.5. The molecule has 0 aromatic heterocycles. The Hall–Kier alpha value is -2.99. The molecule has 6 nitrogen and oxygen atoms in total. The summed E-state index contributed by atoms with van der Waals surface area (Å²) in [5, 5.41) is 11.2. The van der Waals surface area contributed by atoms with Gasteiger partial charge < -0.3 is 4.90 Å². The number of benzene rings is 2. The van der Waals surface area contributed by atoms with Crippen LogP contribution in [0.2, 0.25) is 5.02 Å². The van der Waals surface area contributed by atoms with Crippen LogP contribution < -0.4 is 4.90 Å². The van der Waals surface area contributed by atoms with Crippen LogP contribution in [-0.4, -0.2) is 23.2 Å². The van der Waals surface area contributed by atoms with Crippen LogP contribution in [0.1, 0.15) is 28.8 Å². The molecule has 1 aliphatic heterocycles. The molecule has 132 valence electrons. The third-order valence-corrected chi connectivity index (χ3v) is 4.49. The number of carbonyl (C=O) groups excluding carboxylic acids is 2. The molecule has 0 spiro atoms. The number of nitro groups is 1. The maximum atomic E-state index is 12.3. The number of nitrogens with zero attached hydrogens (tertiary/aromatic N) is 2. The van der Waals surface area contributed by atoms with Gasteiger partial charge in [-0.25, -0.2) is 0 Å². The van der Waals surface area contributed by atoms with E-state index in [1.54, 1.807) is 29.2 Å². The van der Waals surface area contributed by atoms with Gasteiger partial charge in [-0.05, 0) is 54.5 Å². The number of allylic oxidation sites excluding steroid dienone is 1. The van der Waals surface area contributed by atoms with Crippen molar-refractivity contribution in [1.29, 1.82) is 0 Å². The lowest BCUT2D eigenvalue weighted by atomic mass is 10.1. The van der Waals surface area contributed by atoms with Gasteiger partial charge in [-0.3, -0.25) is 19.7 Å². The number of halogens is 1. The van der Waals surface area contributed by atoms with Gasteiger partial charge in [0.2, 0.25) is 5.91 Å². The third-order valence-electron chi connectivity index (χ3n) is 4.14. The monoisotopic (exact) mass is 370 g/mol. The maximum absolute atomic E-state index is 12.3. The van der Waals surface area contributed by atoms with Crippen LogP contribution in [0.25, 0.3) is 6.08 Å². The highest BCUT2D eigenvalue weighted by molar-refractivity contribution is 6.32. The largest absolute Gasteiger partial charge is 0.312 e. The molecule has 0 bridgehead atoms. The summed E-state index contributed by atoms with van der Waals surface area (Å²) in [5.41, 5.74) is 1.53. The molecular formula is C19H15ClN2O4. The molecule has 7 heteroatoms. The van der Waals surface area contributed by atoms with E-state index in [-0.39, 0.29) is 17.4 Å². The molecule has 3 rings (SSSR count). The smallest absolute Gasteiger partial charge is 0.270 e. The highest BCUT2D eigenvalue weighted by Crippen LogP contribution is 2.24. The minimum atomic E-state index is -0.520. The Morgan fingerprint density at radius 3 is 2.54 bits per heavy atom. The number of non-ortho nitro benzene ring substituents is 1. The summed E-state index contributed by atoms with van der Waals surface area (Å²) in [4.78, 5) is 36.1. The zero-order valence-electron chi connectivity index (χ0n) is 13.7. The molecule has 0 unspecified atom stereocenters. The topological polar surface area (TPSA) is 80.5 Å². The second-order valence-corrected chi connectivity index (χ2v) is 6.26. The van der Waals surface area contributed by atoms with Crippen molar-refractivity contribution < 1.29 is 14.5 Å². The Balaban J connectivity index is 1.76. The summed E-state index contributed by atoms with van der Waals surface area (Å²) in [6.45, 7) is 0.692. The predicted octanol–water partition coefficient (Wildman–Crippen LogP) is 4.27. The van der Waals surface area contributed by atoms with E-state index in [4.69, 9.17) is 11.6 Å². The van der Waals surface area contributed by atoms with E-state index in [2.05, 4.69) is 0 Å². The van der Waals surface area contributed by atoms with Crippen LogP contribution in [0.3, 0.4) is 0 Å². The molecule has 1 saturated heterocycles. The van der Waals surface area contributed by atoms with Crippen LogP contribution in [0.15, 0.2) is 48.5 Å². The number of carbonyl (C=O) groups is 2. The van der Waals surface area contributed by atoms with Gasteiger partial charge in [-0.1, -0.05) is 11.6 Å². The second-order valence-electron chi connectivity index (χ2n) is 5.86. The van der Waals surface area contributed by atoms with Gasteiger partial charge in [0.05, 0.1) is 4.92 Å². The Morgan fingerprint density at radius 1 is 1.19 bits per heavy atom. The lowest BCUT2D eigenvalue weighted by Crippen LogP contribution is -2.23. The van der Waals surface area contributed by atoms with Crippen molar-refractivity contribution in [2.75, 3.05) is 11.4 Å². The number of amides is 1. The Labute approximate surface area is 154 Å². The van der Waals surface area contributed by atoms with Gasteiger partial charge in [-0.2, -0.15) is 0 Å². The fraction of sp³-hybridized carbons (Fsp3) is 0.158. The van der Waals surface area contributed by atoms with Crippen molar-refractivity contribution in [3.63, 3.8) is 0 Å².